The molecule has 0 bridgehead atoms. The highest BCUT2D eigenvalue weighted by molar-refractivity contribution is 7.99. The van der Waals surface area contributed by atoms with Gasteiger partial charge in [-0.1, -0.05) is 53.7 Å². The quantitative estimate of drug-likeness (QED) is 0.185. The number of thiophene rings is 1. The molecule has 0 saturated carbocycles. The Morgan fingerprint density at radius 2 is 1.95 bits per heavy atom. The summed E-state index contributed by atoms with van der Waals surface area (Å²) in [4.78, 5) is 26.4. The maximum Gasteiger partial charge on any atom is 0.341 e. The van der Waals surface area contributed by atoms with Gasteiger partial charge in [0.1, 0.15) is 22.1 Å². The number of hydrogen-bond donors (Lipinski definition) is 1. The van der Waals surface area contributed by atoms with Crippen molar-refractivity contribution in [3.8, 4) is 16.9 Å². The van der Waals surface area contributed by atoms with Gasteiger partial charge in [0.05, 0.1) is 17.9 Å². The lowest BCUT2D eigenvalue weighted by Crippen LogP contribution is -2.16. The zero-order chi connectivity index (χ0) is 27.4. The topological polar surface area (TPSA) is 95.3 Å². The Hall–Kier alpha value is -3.41. The fraction of sp³-hybridized carbons (Fsp3) is 0.231. The number of anilines is 1. The van der Waals surface area contributed by atoms with Crippen molar-refractivity contribution >= 4 is 51.6 Å². The van der Waals surface area contributed by atoms with Crippen molar-refractivity contribution in [1.29, 1.82) is 0 Å². The summed E-state index contributed by atoms with van der Waals surface area (Å²) < 4.78 is 25.9. The number of aryl methyl sites for hydroxylation is 1. The van der Waals surface area contributed by atoms with E-state index in [1.54, 1.807) is 18.5 Å². The van der Waals surface area contributed by atoms with Gasteiger partial charge in [-0.3, -0.25) is 4.79 Å². The Bertz CT molecular complexity index is 1480. The molecule has 0 radical (unpaired) electrons. The second-order valence-electron chi connectivity index (χ2n) is 8.17. The molecule has 4 rings (SSSR count). The zero-order valence-electron chi connectivity index (χ0n) is 21.0. The van der Waals surface area contributed by atoms with Crippen molar-refractivity contribution < 1.29 is 23.5 Å². The van der Waals surface area contributed by atoms with Gasteiger partial charge < -0.3 is 19.4 Å². The molecule has 0 aliphatic rings. The molecular formula is C26H24ClFN4O4S2. The van der Waals surface area contributed by atoms with E-state index in [0.29, 0.717) is 27.3 Å². The first-order valence-corrected chi connectivity index (χ1v) is 13.6. The molecule has 2 heterocycles. The number of hydrogen-bond acceptors (Lipinski definition) is 8. The van der Waals surface area contributed by atoms with Gasteiger partial charge >= 0.3 is 5.97 Å². The van der Waals surface area contributed by atoms with Crippen LogP contribution < -0.4 is 10.1 Å². The van der Waals surface area contributed by atoms with Crippen LogP contribution in [-0.2, 0) is 16.6 Å². The molecule has 2 aromatic carbocycles. The molecule has 198 valence electrons. The fourth-order valence-electron chi connectivity index (χ4n) is 3.79. The minimum atomic E-state index is -0.535. The molecule has 2 aromatic heterocycles. The summed E-state index contributed by atoms with van der Waals surface area (Å²) in [6.45, 7) is 3.66. The van der Waals surface area contributed by atoms with Crippen LogP contribution >= 0.6 is 34.7 Å². The molecule has 0 aliphatic carbocycles. The summed E-state index contributed by atoms with van der Waals surface area (Å²) in [6.07, 6.45) is -0.535. The second kappa shape index (κ2) is 12.0. The summed E-state index contributed by atoms with van der Waals surface area (Å²) in [7, 11) is 3.07. The first kappa shape index (κ1) is 27.6. The Morgan fingerprint density at radius 1 is 1.21 bits per heavy atom. The van der Waals surface area contributed by atoms with Gasteiger partial charge in [-0.15, -0.1) is 21.5 Å². The van der Waals surface area contributed by atoms with Gasteiger partial charge in [0.25, 0.3) is 0 Å². The molecule has 0 fully saturated rings. The number of carbonyl (C=O) groups excluding carboxylic acids is 2. The number of esters is 1. The number of halogens is 2. The molecular weight excluding hydrogens is 551 g/mol. The van der Waals surface area contributed by atoms with Gasteiger partial charge in [-0.05, 0) is 37.6 Å². The first-order chi connectivity index (χ1) is 18.2. The van der Waals surface area contributed by atoms with E-state index in [2.05, 4.69) is 15.5 Å². The van der Waals surface area contributed by atoms with Crippen molar-refractivity contribution in [2.45, 2.75) is 25.1 Å². The van der Waals surface area contributed by atoms with Gasteiger partial charge in [0, 0.05) is 17.5 Å². The highest BCUT2D eigenvalue weighted by atomic mass is 35.5. The van der Waals surface area contributed by atoms with E-state index < -0.39 is 17.9 Å². The van der Waals surface area contributed by atoms with E-state index >= 15 is 0 Å². The summed E-state index contributed by atoms with van der Waals surface area (Å²) >= 11 is 8.56. The first-order valence-electron chi connectivity index (χ1n) is 11.4. The van der Waals surface area contributed by atoms with Gasteiger partial charge in [-0.25, -0.2) is 9.18 Å². The van der Waals surface area contributed by atoms with E-state index in [1.807, 2.05) is 37.3 Å². The number of carbonyl (C=O) groups is 2. The molecule has 12 heteroatoms. The smallest absolute Gasteiger partial charge is 0.341 e. The Morgan fingerprint density at radius 3 is 2.63 bits per heavy atom. The lowest BCUT2D eigenvalue weighted by atomic mass is 10.0. The van der Waals surface area contributed by atoms with Crippen LogP contribution in [0.4, 0.5) is 9.39 Å². The minimum absolute atomic E-state index is 0.0310. The Balaban J connectivity index is 1.45. The van der Waals surface area contributed by atoms with Crippen molar-refractivity contribution in [3.63, 3.8) is 0 Å². The van der Waals surface area contributed by atoms with E-state index in [-0.39, 0.29) is 16.7 Å². The normalized spacial score (nSPS) is 11.7. The molecule has 1 N–H and O–H groups in total. The monoisotopic (exact) mass is 574 g/mol. The van der Waals surface area contributed by atoms with Crippen LogP contribution in [0.3, 0.4) is 0 Å². The number of benzene rings is 2. The van der Waals surface area contributed by atoms with Crippen LogP contribution in [0, 0.1) is 12.7 Å². The molecule has 4 aromatic rings. The van der Waals surface area contributed by atoms with Gasteiger partial charge in [-0.2, -0.15) is 0 Å². The summed E-state index contributed by atoms with van der Waals surface area (Å²) in [6, 6.07) is 13.4. The van der Waals surface area contributed by atoms with Crippen molar-refractivity contribution in [2.75, 3.05) is 18.2 Å². The van der Waals surface area contributed by atoms with Crippen molar-refractivity contribution in [3.05, 3.63) is 75.6 Å². The number of nitrogens with one attached hydrogen (secondary N) is 1. The zero-order valence-corrected chi connectivity index (χ0v) is 23.3. The van der Waals surface area contributed by atoms with Gasteiger partial charge in [0.15, 0.2) is 17.1 Å². The maximum atomic E-state index is 13.3. The average Bonchev–Trinajstić information content (AvgIpc) is 3.43. The average molecular weight is 575 g/mol. The summed E-state index contributed by atoms with van der Waals surface area (Å²) in [5.74, 6) is -0.443. The van der Waals surface area contributed by atoms with E-state index in [9.17, 15) is 14.0 Å². The van der Waals surface area contributed by atoms with E-state index in [0.717, 1.165) is 16.0 Å². The predicted molar refractivity (Wildman–Crippen MR) is 147 cm³/mol. The fourth-order valence-corrected chi connectivity index (χ4v) is 5.80. The standard InChI is InChI=1S/C26H24ClFN4O4S2/c1-14(36-19-11-10-17(28)12-18(19)27)23-30-31-26(32(23)3)37-13-20(33)29-24-22(25(34)35-4)21(15(2)38-24)16-8-6-5-7-9-16/h5-12,14H,13H2,1-4H3,(H,29,33). The Labute approximate surface area is 232 Å². The largest absolute Gasteiger partial charge is 0.481 e. The van der Waals surface area contributed by atoms with Crippen LogP contribution in [0.2, 0.25) is 5.02 Å². The molecule has 1 atom stereocenters. The predicted octanol–water partition coefficient (Wildman–Crippen LogP) is 6.30. The molecule has 0 saturated heterocycles. The third kappa shape index (κ3) is 6.01. The third-order valence-corrected chi connectivity index (χ3v) is 7.89. The highest BCUT2D eigenvalue weighted by Gasteiger charge is 2.25. The van der Waals surface area contributed by atoms with Crippen molar-refractivity contribution in [2.24, 2.45) is 7.05 Å². The lowest BCUT2D eigenvalue weighted by Gasteiger charge is -2.15. The van der Waals surface area contributed by atoms with E-state index in [4.69, 9.17) is 21.1 Å². The number of nitrogens with zero attached hydrogens (tertiary/aromatic N) is 3. The number of aromatic nitrogens is 3. The van der Waals surface area contributed by atoms with Crippen LogP contribution in [0.1, 0.15) is 34.1 Å². The molecule has 8 nitrogen and oxygen atoms in total. The van der Waals surface area contributed by atoms with E-state index in [1.165, 1.54) is 48.4 Å². The third-order valence-electron chi connectivity index (χ3n) is 5.55. The molecule has 1 amide bonds. The number of ether oxygens (including phenoxy) is 2. The maximum absolute atomic E-state index is 13.3. The molecule has 1 unspecified atom stereocenters. The van der Waals surface area contributed by atoms with Crippen LogP contribution in [0.5, 0.6) is 5.75 Å². The number of amides is 1. The highest BCUT2D eigenvalue weighted by Crippen LogP contribution is 2.40. The minimum Gasteiger partial charge on any atom is -0.481 e. The number of thioether (sulfide) groups is 1. The summed E-state index contributed by atoms with van der Waals surface area (Å²) in [5, 5.41) is 12.3. The molecule has 38 heavy (non-hydrogen) atoms. The van der Waals surface area contributed by atoms with Gasteiger partial charge in [0.2, 0.25) is 5.91 Å². The second-order valence-corrected chi connectivity index (χ2v) is 10.7. The summed E-state index contributed by atoms with van der Waals surface area (Å²) in [5.41, 5.74) is 1.92. The molecule has 0 aliphatic heterocycles. The number of methoxy groups -OCH3 is 1. The lowest BCUT2D eigenvalue weighted by molar-refractivity contribution is -0.113. The van der Waals surface area contributed by atoms with Crippen LogP contribution in [0.25, 0.3) is 11.1 Å². The SMILES string of the molecule is COC(=O)c1c(NC(=O)CSc2nnc(C(C)Oc3ccc(F)cc3Cl)n2C)sc(C)c1-c1ccccc1. The van der Waals surface area contributed by atoms with Crippen LogP contribution in [-0.4, -0.2) is 39.5 Å². The molecule has 0 spiro atoms. The number of rotatable bonds is 9. The Kier molecular flexibility index (Phi) is 8.70. The van der Waals surface area contributed by atoms with Crippen molar-refractivity contribution in [1.82, 2.24) is 14.8 Å². The van der Waals surface area contributed by atoms with Crippen LogP contribution in [0.15, 0.2) is 53.7 Å².